The van der Waals surface area contributed by atoms with Crippen molar-refractivity contribution in [2.45, 2.75) is 84.2 Å². The van der Waals surface area contributed by atoms with E-state index in [2.05, 4.69) is 33.5 Å². The zero-order valence-electron chi connectivity index (χ0n) is 23.6. The van der Waals surface area contributed by atoms with Gasteiger partial charge in [0.15, 0.2) is 0 Å². The smallest absolute Gasteiger partial charge is 0.248 e. The zero-order chi connectivity index (χ0) is 26.7. The van der Waals surface area contributed by atoms with Gasteiger partial charge in [-0.3, -0.25) is 19.4 Å². The number of nitrogens with one attached hydrogen (secondary N) is 1. The number of aromatic nitrogens is 1. The predicted molar refractivity (Wildman–Crippen MR) is 155 cm³/mol. The molecule has 1 aliphatic heterocycles. The third-order valence-corrected chi connectivity index (χ3v) is 8.53. The number of rotatable bonds is 14. The minimum Gasteiger partial charge on any atom is -0.494 e. The summed E-state index contributed by atoms with van der Waals surface area (Å²) in [7, 11) is 0. The summed E-state index contributed by atoms with van der Waals surface area (Å²) in [6.45, 7) is 11.2. The van der Waals surface area contributed by atoms with Crippen LogP contribution in [-0.4, -0.2) is 77.6 Å². The fourth-order valence-corrected chi connectivity index (χ4v) is 6.32. The number of hydrogen-bond donors (Lipinski definition) is 1. The van der Waals surface area contributed by atoms with E-state index in [1.165, 1.54) is 51.0 Å². The Morgan fingerprint density at radius 1 is 1.03 bits per heavy atom. The lowest BCUT2D eigenvalue weighted by Gasteiger charge is -2.36. The van der Waals surface area contributed by atoms with Gasteiger partial charge in [-0.2, -0.15) is 0 Å². The van der Waals surface area contributed by atoms with Crippen molar-refractivity contribution >= 4 is 16.8 Å². The molecule has 1 atom stereocenters. The number of nitrogens with zero attached hydrogens (tertiary/aromatic N) is 3. The average Bonchev–Trinajstić information content (AvgIpc) is 3.40. The van der Waals surface area contributed by atoms with E-state index >= 15 is 0 Å². The van der Waals surface area contributed by atoms with Crippen LogP contribution < -0.4 is 10.3 Å². The van der Waals surface area contributed by atoms with Crippen LogP contribution in [0, 0.1) is 5.92 Å². The van der Waals surface area contributed by atoms with Crippen molar-refractivity contribution in [1.29, 1.82) is 0 Å². The van der Waals surface area contributed by atoms with Crippen LogP contribution in [0.2, 0.25) is 0 Å². The number of likely N-dealkylation sites (tertiary alicyclic amines) is 1. The maximum atomic E-state index is 13.4. The van der Waals surface area contributed by atoms with Crippen LogP contribution in [0.1, 0.15) is 78.1 Å². The molecule has 1 aromatic heterocycles. The van der Waals surface area contributed by atoms with Gasteiger partial charge in [0.25, 0.3) is 0 Å². The van der Waals surface area contributed by atoms with Gasteiger partial charge < -0.3 is 14.6 Å². The van der Waals surface area contributed by atoms with Crippen LogP contribution in [0.5, 0.6) is 5.75 Å². The van der Waals surface area contributed by atoms with E-state index in [9.17, 15) is 9.59 Å². The number of pyridine rings is 1. The molecule has 4 rings (SSSR count). The molecule has 0 radical (unpaired) electrons. The molecule has 1 aromatic carbocycles. The highest BCUT2D eigenvalue weighted by Crippen LogP contribution is 2.26. The number of H-pyrrole nitrogens is 1. The molecule has 1 amide bonds. The van der Waals surface area contributed by atoms with Crippen LogP contribution in [-0.2, 0) is 4.79 Å². The molecule has 7 nitrogen and oxygen atoms in total. The number of aromatic amines is 1. The molecule has 210 valence electrons. The van der Waals surface area contributed by atoms with Gasteiger partial charge in [0.2, 0.25) is 11.5 Å². The van der Waals surface area contributed by atoms with Crippen molar-refractivity contribution in [3.63, 3.8) is 0 Å². The van der Waals surface area contributed by atoms with Crippen molar-refractivity contribution in [1.82, 2.24) is 19.7 Å². The molecule has 1 saturated carbocycles. The summed E-state index contributed by atoms with van der Waals surface area (Å²) in [4.78, 5) is 35.1. The highest BCUT2D eigenvalue weighted by Gasteiger charge is 2.29. The molecular formula is C31H48N4O3. The molecule has 0 spiro atoms. The van der Waals surface area contributed by atoms with Crippen molar-refractivity contribution in [3.05, 3.63) is 40.7 Å². The van der Waals surface area contributed by atoms with Crippen molar-refractivity contribution in [2.75, 3.05) is 45.9 Å². The Morgan fingerprint density at radius 3 is 2.63 bits per heavy atom. The molecule has 1 N–H and O–H groups in total. The standard InChI is InChI=1S/C31H48N4O3/c1-3-33(4-2)30-13-10-19-34(30)20-21-35(24-25-11-6-5-7-12-25)31(37)14-8-9-22-38-27-16-17-28-26(23-27)15-18-29(36)32-28/h15-18,23,25,30H,3-14,19-22,24H2,1-2H3,(H,32,36)/t30-/m0/s1. The van der Waals surface area contributed by atoms with Crippen LogP contribution in [0.4, 0.5) is 0 Å². The largest absolute Gasteiger partial charge is 0.494 e. The average molecular weight is 525 g/mol. The fraction of sp³-hybridized carbons (Fsp3) is 0.677. The molecule has 1 aliphatic carbocycles. The van der Waals surface area contributed by atoms with Gasteiger partial charge in [-0.25, -0.2) is 0 Å². The Kier molecular flexibility index (Phi) is 11.1. The highest BCUT2D eigenvalue weighted by atomic mass is 16.5. The second-order valence-corrected chi connectivity index (χ2v) is 11.1. The summed E-state index contributed by atoms with van der Waals surface area (Å²) in [5.74, 6) is 1.77. The molecule has 1 saturated heterocycles. The minimum absolute atomic E-state index is 0.0995. The Labute approximate surface area is 228 Å². The van der Waals surface area contributed by atoms with Crippen LogP contribution in [0.15, 0.2) is 35.1 Å². The van der Waals surface area contributed by atoms with Crippen LogP contribution in [0.25, 0.3) is 10.9 Å². The van der Waals surface area contributed by atoms with Gasteiger partial charge in [0, 0.05) is 43.0 Å². The Hall–Kier alpha value is -2.38. The minimum atomic E-state index is -0.0995. The van der Waals surface area contributed by atoms with E-state index in [1.54, 1.807) is 0 Å². The number of hydrogen-bond acceptors (Lipinski definition) is 5. The van der Waals surface area contributed by atoms with Gasteiger partial charge in [-0.1, -0.05) is 33.1 Å². The fourth-order valence-electron chi connectivity index (χ4n) is 6.32. The third-order valence-electron chi connectivity index (χ3n) is 8.53. The van der Waals surface area contributed by atoms with Crippen molar-refractivity contribution < 1.29 is 9.53 Å². The van der Waals surface area contributed by atoms with Crippen molar-refractivity contribution in [2.24, 2.45) is 5.92 Å². The van der Waals surface area contributed by atoms with Gasteiger partial charge in [-0.05, 0) is 88.3 Å². The maximum absolute atomic E-state index is 13.4. The van der Waals surface area contributed by atoms with Gasteiger partial charge in [-0.15, -0.1) is 0 Å². The first kappa shape index (κ1) is 28.6. The first-order valence-electron chi connectivity index (χ1n) is 15.1. The molecule has 7 heteroatoms. The molecule has 0 unspecified atom stereocenters. The molecular weight excluding hydrogens is 476 g/mol. The lowest BCUT2D eigenvalue weighted by atomic mass is 9.89. The number of ether oxygens (including phenoxy) is 1. The SMILES string of the molecule is CCN(CC)[C@@H]1CCCN1CCN(CC1CCCCC1)C(=O)CCCCOc1ccc2[nH]c(=O)ccc2c1. The summed E-state index contributed by atoms with van der Waals surface area (Å²) < 4.78 is 5.95. The number of fused-ring (bicyclic) bond motifs is 1. The summed E-state index contributed by atoms with van der Waals surface area (Å²) in [5.41, 5.74) is 0.711. The lowest BCUT2D eigenvalue weighted by Crippen LogP contribution is -2.48. The predicted octanol–water partition coefficient (Wildman–Crippen LogP) is 5.25. The summed E-state index contributed by atoms with van der Waals surface area (Å²) in [5, 5.41) is 0.955. The maximum Gasteiger partial charge on any atom is 0.248 e. The number of amides is 1. The number of benzene rings is 1. The second kappa shape index (κ2) is 14.7. The van der Waals surface area contributed by atoms with E-state index in [0.717, 1.165) is 68.8 Å². The normalized spacial score (nSPS) is 18.9. The summed E-state index contributed by atoms with van der Waals surface area (Å²) >= 11 is 0. The zero-order valence-corrected chi connectivity index (χ0v) is 23.6. The van der Waals surface area contributed by atoms with Crippen LogP contribution in [0.3, 0.4) is 0 Å². The summed E-state index contributed by atoms with van der Waals surface area (Å²) in [6, 6.07) is 9.06. The second-order valence-electron chi connectivity index (χ2n) is 11.1. The molecule has 2 heterocycles. The first-order valence-corrected chi connectivity index (χ1v) is 15.1. The molecule has 2 aromatic rings. The lowest BCUT2D eigenvalue weighted by molar-refractivity contribution is -0.132. The Morgan fingerprint density at radius 2 is 1.84 bits per heavy atom. The Bertz CT molecular complexity index is 1060. The molecule has 38 heavy (non-hydrogen) atoms. The molecule has 2 fully saturated rings. The van der Waals surface area contributed by atoms with E-state index in [4.69, 9.17) is 4.74 Å². The van der Waals surface area contributed by atoms with Crippen LogP contribution >= 0.6 is 0 Å². The monoisotopic (exact) mass is 524 g/mol. The van der Waals surface area contributed by atoms with Gasteiger partial charge in [0.1, 0.15) is 5.75 Å². The van der Waals surface area contributed by atoms with Gasteiger partial charge >= 0.3 is 0 Å². The van der Waals surface area contributed by atoms with E-state index in [1.807, 2.05) is 24.3 Å². The highest BCUT2D eigenvalue weighted by molar-refractivity contribution is 5.79. The third kappa shape index (κ3) is 8.06. The quantitative estimate of drug-likeness (QED) is 0.342. The van der Waals surface area contributed by atoms with E-state index < -0.39 is 0 Å². The summed E-state index contributed by atoms with van der Waals surface area (Å²) in [6.07, 6.45) is 11.8. The Balaban J connectivity index is 1.25. The molecule has 0 bridgehead atoms. The number of carbonyl (C=O) groups is 1. The number of carbonyl (C=O) groups excluding carboxylic acids is 1. The van der Waals surface area contributed by atoms with Gasteiger partial charge in [0.05, 0.1) is 12.8 Å². The van der Waals surface area contributed by atoms with Crippen molar-refractivity contribution in [3.8, 4) is 5.75 Å². The van der Waals surface area contributed by atoms with E-state index in [-0.39, 0.29) is 5.56 Å². The van der Waals surface area contributed by atoms with E-state index in [0.29, 0.717) is 31.0 Å². The first-order chi connectivity index (χ1) is 18.6. The molecule has 2 aliphatic rings. The topological polar surface area (TPSA) is 68.9 Å². The number of unbranched alkanes of at least 4 members (excludes halogenated alkanes) is 1.